The molecule has 1 heterocycles. The maximum Gasteiger partial charge on any atom is 0.242 e. The Bertz CT molecular complexity index is 1120. The third-order valence-corrected chi connectivity index (χ3v) is 5.78. The highest BCUT2D eigenvalue weighted by Gasteiger charge is 2.17. The number of halogens is 2. The van der Waals surface area contributed by atoms with Crippen LogP contribution in [0, 0.1) is 0 Å². The van der Waals surface area contributed by atoms with Crippen LogP contribution in [0.2, 0.25) is 10.0 Å². The molecule has 0 saturated carbocycles. The number of sulfonamides is 1. The van der Waals surface area contributed by atoms with Crippen molar-refractivity contribution >= 4 is 33.2 Å². The first kappa shape index (κ1) is 21.4. The lowest BCUT2D eigenvalue weighted by molar-refractivity contribution is 0.355. The molecule has 0 radical (unpaired) electrons. The molecule has 154 valence electrons. The van der Waals surface area contributed by atoms with Gasteiger partial charge in [-0.25, -0.2) is 13.1 Å². The van der Waals surface area contributed by atoms with E-state index in [1.165, 1.54) is 20.3 Å². The van der Waals surface area contributed by atoms with Gasteiger partial charge in [-0.2, -0.15) is 4.98 Å². The van der Waals surface area contributed by atoms with E-state index < -0.39 is 10.0 Å². The molecule has 0 fully saturated rings. The highest BCUT2D eigenvalue weighted by molar-refractivity contribution is 7.88. The number of nitrogens with zero attached hydrogens (tertiary/aromatic N) is 2. The number of rotatable bonds is 8. The van der Waals surface area contributed by atoms with Crippen LogP contribution in [-0.4, -0.2) is 32.8 Å². The number of hydrogen-bond acceptors (Lipinski definition) is 7. The Morgan fingerprint density at radius 2 is 1.83 bits per heavy atom. The van der Waals surface area contributed by atoms with E-state index in [1.807, 2.05) is 0 Å². The Morgan fingerprint density at radius 1 is 1.07 bits per heavy atom. The number of hydrogen-bond donors (Lipinski definition) is 1. The third-order valence-electron chi connectivity index (χ3n) is 3.91. The predicted octanol–water partition coefficient (Wildman–Crippen LogP) is 3.68. The summed E-state index contributed by atoms with van der Waals surface area (Å²) in [6, 6.07) is 9.77. The molecule has 11 heteroatoms. The molecule has 0 amide bonds. The summed E-state index contributed by atoms with van der Waals surface area (Å²) in [6.45, 7) is -0.159. The van der Waals surface area contributed by atoms with Crippen molar-refractivity contribution in [2.45, 2.75) is 12.3 Å². The van der Waals surface area contributed by atoms with E-state index in [2.05, 4.69) is 14.9 Å². The maximum atomic E-state index is 12.3. The summed E-state index contributed by atoms with van der Waals surface area (Å²) in [5.74, 6) is 1.17. The molecule has 29 heavy (non-hydrogen) atoms. The van der Waals surface area contributed by atoms with E-state index in [-0.39, 0.29) is 23.2 Å². The van der Waals surface area contributed by atoms with Crippen molar-refractivity contribution in [1.82, 2.24) is 14.9 Å². The number of nitrogens with one attached hydrogen (secondary N) is 1. The Balaban J connectivity index is 1.68. The highest BCUT2D eigenvalue weighted by atomic mass is 35.5. The van der Waals surface area contributed by atoms with Crippen LogP contribution in [0.4, 0.5) is 0 Å². The molecule has 0 aliphatic carbocycles. The first-order chi connectivity index (χ1) is 13.8. The van der Waals surface area contributed by atoms with Crippen molar-refractivity contribution < 1.29 is 22.4 Å². The smallest absolute Gasteiger partial charge is 0.242 e. The topological polar surface area (TPSA) is 104 Å². The van der Waals surface area contributed by atoms with Crippen LogP contribution < -0.4 is 14.2 Å². The minimum Gasteiger partial charge on any atom is -0.493 e. The molecule has 0 saturated heterocycles. The average Bonchev–Trinajstić information content (AvgIpc) is 3.17. The lowest BCUT2D eigenvalue weighted by Crippen LogP contribution is -2.25. The van der Waals surface area contributed by atoms with Crippen LogP contribution in [0.5, 0.6) is 11.5 Å². The largest absolute Gasteiger partial charge is 0.493 e. The van der Waals surface area contributed by atoms with Gasteiger partial charge in [0.25, 0.3) is 0 Å². The second-order valence-corrected chi connectivity index (χ2v) is 8.55. The monoisotopic (exact) mass is 457 g/mol. The molecule has 0 unspecified atom stereocenters. The van der Waals surface area contributed by atoms with Gasteiger partial charge in [-0.15, -0.1) is 0 Å². The SMILES string of the molecule is COc1ccc(-c2noc(CNS(=O)(=O)Cc3ccc(Cl)cc3Cl)n2)cc1OC. The molecule has 3 aromatic rings. The van der Waals surface area contributed by atoms with Crippen molar-refractivity contribution in [3.63, 3.8) is 0 Å². The molecule has 3 rings (SSSR count). The van der Waals surface area contributed by atoms with Crippen molar-refractivity contribution in [3.8, 4) is 22.9 Å². The first-order valence-electron chi connectivity index (χ1n) is 8.27. The molecule has 0 bridgehead atoms. The standard InChI is InChI=1S/C18H17Cl2N3O5S/c1-26-15-6-4-11(7-16(15)27-2)18-22-17(28-23-18)9-21-29(24,25)10-12-3-5-13(19)8-14(12)20/h3-8,21H,9-10H2,1-2H3. The van der Waals surface area contributed by atoms with Gasteiger partial charge in [0.05, 0.1) is 26.5 Å². The van der Waals surface area contributed by atoms with Gasteiger partial charge in [-0.05, 0) is 35.9 Å². The second-order valence-electron chi connectivity index (χ2n) is 5.90. The molecule has 0 aliphatic rings. The molecule has 1 aromatic heterocycles. The summed E-state index contributed by atoms with van der Waals surface area (Å²) in [5.41, 5.74) is 1.06. The fourth-order valence-corrected chi connectivity index (χ4v) is 4.15. The van der Waals surface area contributed by atoms with Crippen LogP contribution in [0.15, 0.2) is 40.9 Å². The van der Waals surface area contributed by atoms with E-state index in [4.69, 9.17) is 37.2 Å². The quantitative estimate of drug-likeness (QED) is 0.549. The fourth-order valence-electron chi connectivity index (χ4n) is 2.49. The lowest BCUT2D eigenvalue weighted by Gasteiger charge is -2.07. The molecule has 1 N–H and O–H groups in total. The second kappa shape index (κ2) is 9.00. The summed E-state index contributed by atoms with van der Waals surface area (Å²) >= 11 is 11.9. The molecule has 8 nitrogen and oxygen atoms in total. The summed E-state index contributed by atoms with van der Waals surface area (Å²) < 4.78 is 42.6. The van der Waals surface area contributed by atoms with Crippen LogP contribution in [0.3, 0.4) is 0 Å². The number of benzene rings is 2. The highest BCUT2D eigenvalue weighted by Crippen LogP contribution is 2.31. The summed E-state index contributed by atoms with van der Waals surface area (Å²) in [6.07, 6.45) is 0. The zero-order valence-corrected chi connectivity index (χ0v) is 17.8. The number of ether oxygens (including phenoxy) is 2. The normalized spacial score (nSPS) is 11.4. The Morgan fingerprint density at radius 3 is 2.52 bits per heavy atom. The van der Waals surface area contributed by atoms with Gasteiger partial charge in [0.15, 0.2) is 11.5 Å². The zero-order chi connectivity index (χ0) is 21.0. The van der Waals surface area contributed by atoms with Crippen LogP contribution >= 0.6 is 23.2 Å². The molecule has 0 spiro atoms. The van der Waals surface area contributed by atoms with E-state index >= 15 is 0 Å². The third kappa shape index (κ3) is 5.39. The maximum absolute atomic E-state index is 12.3. The van der Waals surface area contributed by atoms with Crippen molar-refractivity contribution in [2.75, 3.05) is 14.2 Å². The van der Waals surface area contributed by atoms with Crippen LogP contribution in [0.25, 0.3) is 11.4 Å². The number of methoxy groups -OCH3 is 2. The zero-order valence-electron chi connectivity index (χ0n) is 15.5. The van der Waals surface area contributed by atoms with Crippen LogP contribution in [-0.2, 0) is 22.3 Å². The summed E-state index contributed by atoms with van der Waals surface area (Å²) in [4.78, 5) is 4.21. The van der Waals surface area contributed by atoms with E-state index in [1.54, 1.807) is 30.3 Å². The van der Waals surface area contributed by atoms with E-state index in [0.29, 0.717) is 33.5 Å². The minimum absolute atomic E-state index is 0.112. The molecular weight excluding hydrogens is 441 g/mol. The lowest BCUT2D eigenvalue weighted by atomic mass is 10.2. The Labute approximate surface area is 177 Å². The van der Waals surface area contributed by atoms with Gasteiger partial charge in [-0.1, -0.05) is 34.4 Å². The minimum atomic E-state index is -3.69. The molecule has 0 atom stereocenters. The number of aromatic nitrogens is 2. The van der Waals surface area contributed by atoms with E-state index in [9.17, 15) is 8.42 Å². The first-order valence-corrected chi connectivity index (χ1v) is 10.7. The molecule has 2 aromatic carbocycles. The Kier molecular flexibility index (Phi) is 6.63. The Hall–Kier alpha value is -2.33. The predicted molar refractivity (Wildman–Crippen MR) is 109 cm³/mol. The summed E-state index contributed by atoms with van der Waals surface area (Å²) in [5, 5.41) is 4.58. The van der Waals surface area contributed by atoms with Gasteiger partial charge in [-0.3, -0.25) is 0 Å². The van der Waals surface area contributed by atoms with Gasteiger partial charge < -0.3 is 14.0 Å². The van der Waals surface area contributed by atoms with Gasteiger partial charge in [0, 0.05) is 15.6 Å². The molecule has 0 aliphatic heterocycles. The van der Waals surface area contributed by atoms with Crippen molar-refractivity contribution in [2.24, 2.45) is 0 Å². The van der Waals surface area contributed by atoms with E-state index in [0.717, 1.165) is 0 Å². The fraction of sp³-hybridized carbons (Fsp3) is 0.222. The van der Waals surface area contributed by atoms with Gasteiger partial charge in [0.2, 0.25) is 21.7 Å². The average molecular weight is 458 g/mol. The van der Waals surface area contributed by atoms with Gasteiger partial charge >= 0.3 is 0 Å². The van der Waals surface area contributed by atoms with Crippen molar-refractivity contribution in [3.05, 3.63) is 57.9 Å². The molecular formula is C18H17Cl2N3O5S. The summed E-state index contributed by atoms with van der Waals surface area (Å²) in [7, 11) is -0.631. The van der Waals surface area contributed by atoms with Crippen molar-refractivity contribution in [1.29, 1.82) is 0 Å². The van der Waals surface area contributed by atoms with Gasteiger partial charge in [0.1, 0.15) is 0 Å². The van der Waals surface area contributed by atoms with Crippen LogP contribution in [0.1, 0.15) is 11.5 Å².